The summed E-state index contributed by atoms with van der Waals surface area (Å²) in [5.74, 6) is 0. The van der Waals surface area contributed by atoms with Gasteiger partial charge in [-0.15, -0.1) is 11.3 Å². The van der Waals surface area contributed by atoms with E-state index in [1.165, 1.54) is 11.3 Å². The zero-order valence-corrected chi connectivity index (χ0v) is 15.1. The van der Waals surface area contributed by atoms with E-state index >= 15 is 0 Å². The number of nitrogens with one attached hydrogen (secondary N) is 2. The van der Waals surface area contributed by atoms with Gasteiger partial charge in [0, 0.05) is 23.5 Å². The normalized spacial score (nSPS) is 13.8. The van der Waals surface area contributed by atoms with Gasteiger partial charge in [0.1, 0.15) is 4.21 Å². The van der Waals surface area contributed by atoms with Crippen molar-refractivity contribution in [3.63, 3.8) is 0 Å². The predicted molar refractivity (Wildman–Crippen MR) is 90.5 cm³/mol. The Morgan fingerprint density at radius 3 is 2.57 bits per heavy atom. The molecule has 2 N–H and O–H groups in total. The summed E-state index contributed by atoms with van der Waals surface area (Å²) in [5, 5.41) is 3.34. The van der Waals surface area contributed by atoms with Crippen LogP contribution in [0.3, 0.4) is 0 Å². The van der Waals surface area contributed by atoms with E-state index in [1.54, 1.807) is 6.07 Å². The number of sulfonamides is 1. The van der Waals surface area contributed by atoms with Gasteiger partial charge in [-0.2, -0.15) is 0 Å². The zero-order chi connectivity index (χ0) is 15.9. The molecule has 0 fully saturated rings. The molecule has 1 rings (SSSR count). The first-order valence-electron chi connectivity index (χ1n) is 7.69. The van der Waals surface area contributed by atoms with Gasteiger partial charge in [0.05, 0.1) is 0 Å². The summed E-state index contributed by atoms with van der Waals surface area (Å²) in [4.78, 5) is 1.10. The summed E-state index contributed by atoms with van der Waals surface area (Å²) in [6.07, 6.45) is 3.87. The molecule has 1 aromatic rings. The van der Waals surface area contributed by atoms with Gasteiger partial charge in [0.2, 0.25) is 10.0 Å². The number of unbranched alkanes of at least 4 members (excludes halogenated alkanes) is 1. The van der Waals surface area contributed by atoms with Crippen LogP contribution < -0.4 is 10.0 Å². The van der Waals surface area contributed by atoms with Gasteiger partial charge in [-0.3, -0.25) is 0 Å². The molecule has 1 atom stereocenters. The molecule has 0 aliphatic rings. The molecule has 0 aliphatic heterocycles. The van der Waals surface area contributed by atoms with Crippen LogP contribution in [0.25, 0.3) is 0 Å². The van der Waals surface area contributed by atoms with Gasteiger partial charge in [0.15, 0.2) is 0 Å². The molecule has 0 radical (unpaired) electrons. The topological polar surface area (TPSA) is 58.2 Å². The van der Waals surface area contributed by atoms with Crippen molar-refractivity contribution in [1.29, 1.82) is 0 Å². The minimum atomic E-state index is -3.36. The smallest absolute Gasteiger partial charge is 0.250 e. The molecule has 1 unspecified atom stereocenters. The first kappa shape index (κ1) is 18.6. The van der Waals surface area contributed by atoms with E-state index in [9.17, 15) is 8.42 Å². The Hall–Kier alpha value is -0.430. The number of rotatable bonds is 10. The van der Waals surface area contributed by atoms with Crippen molar-refractivity contribution >= 4 is 21.4 Å². The summed E-state index contributed by atoms with van der Waals surface area (Å²) in [6, 6.07) is 4.07. The van der Waals surface area contributed by atoms with Crippen molar-refractivity contribution in [2.45, 2.75) is 69.7 Å². The van der Waals surface area contributed by atoms with E-state index in [0.29, 0.717) is 10.3 Å². The largest absolute Gasteiger partial charge is 0.314 e. The average molecular weight is 333 g/mol. The third-order valence-corrected chi connectivity index (χ3v) is 6.40. The van der Waals surface area contributed by atoms with Crippen LogP contribution in [0.1, 0.15) is 51.8 Å². The lowest BCUT2D eigenvalue weighted by Crippen LogP contribution is -2.32. The van der Waals surface area contributed by atoms with Crippen LogP contribution in [-0.4, -0.2) is 27.0 Å². The molecule has 0 saturated carbocycles. The third-order valence-electron chi connectivity index (χ3n) is 3.17. The van der Waals surface area contributed by atoms with Crippen LogP contribution in [0.4, 0.5) is 0 Å². The molecule has 1 heterocycles. The molecule has 0 aromatic carbocycles. The highest BCUT2D eigenvalue weighted by Crippen LogP contribution is 2.22. The molecule has 1 aromatic heterocycles. The summed E-state index contributed by atoms with van der Waals surface area (Å²) in [7, 11) is -3.36. The fourth-order valence-electron chi connectivity index (χ4n) is 2.01. The molecule has 6 heteroatoms. The molecule has 0 amide bonds. The van der Waals surface area contributed by atoms with Crippen molar-refractivity contribution in [2.24, 2.45) is 0 Å². The molecule has 0 bridgehead atoms. The fraction of sp³-hybridized carbons (Fsp3) is 0.733. The summed E-state index contributed by atoms with van der Waals surface area (Å²) < 4.78 is 27.8. The first-order chi connectivity index (χ1) is 9.85. The minimum absolute atomic E-state index is 0.0110. The van der Waals surface area contributed by atoms with Crippen LogP contribution in [0, 0.1) is 0 Å². The van der Waals surface area contributed by atoms with Crippen LogP contribution in [-0.2, 0) is 16.4 Å². The van der Waals surface area contributed by atoms with Gasteiger partial charge in [-0.05, 0) is 31.9 Å². The van der Waals surface area contributed by atoms with Crippen molar-refractivity contribution in [2.75, 3.05) is 6.54 Å². The van der Waals surface area contributed by atoms with Gasteiger partial charge in [0.25, 0.3) is 0 Å². The molecule has 0 saturated heterocycles. The van der Waals surface area contributed by atoms with Crippen molar-refractivity contribution in [1.82, 2.24) is 10.0 Å². The second kappa shape index (κ2) is 8.88. The summed E-state index contributed by atoms with van der Waals surface area (Å²) in [5.41, 5.74) is 0. The van der Waals surface area contributed by atoms with E-state index in [0.717, 1.165) is 37.1 Å². The maximum Gasteiger partial charge on any atom is 0.250 e. The molecule has 21 heavy (non-hydrogen) atoms. The Bertz CT molecular complexity index is 509. The van der Waals surface area contributed by atoms with Crippen LogP contribution >= 0.6 is 11.3 Å². The predicted octanol–water partition coefficient (Wildman–Crippen LogP) is 3.15. The SMILES string of the molecule is CCCCC(C)NS(=O)(=O)c1ccc(CCNC(C)C)s1. The first-order valence-corrected chi connectivity index (χ1v) is 9.99. The average Bonchev–Trinajstić information content (AvgIpc) is 2.85. The molecule has 4 nitrogen and oxygen atoms in total. The molecule has 122 valence electrons. The fourth-order valence-corrected chi connectivity index (χ4v) is 4.66. The Kier molecular flexibility index (Phi) is 7.87. The van der Waals surface area contributed by atoms with Crippen LogP contribution in [0.15, 0.2) is 16.3 Å². The van der Waals surface area contributed by atoms with E-state index in [-0.39, 0.29) is 6.04 Å². The minimum Gasteiger partial charge on any atom is -0.314 e. The molecular formula is C15H28N2O2S2. The third kappa shape index (κ3) is 6.91. The Balaban J connectivity index is 2.57. The number of hydrogen-bond donors (Lipinski definition) is 2. The highest BCUT2D eigenvalue weighted by molar-refractivity contribution is 7.91. The second-order valence-electron chi connectivity index (χ2n) is 5.74. The van der Waals surface area contributed by atoms with E-state index in [4.69, 9.17) is 0 Å². The highest BCUT2D eigenvalue weighted by Gasteiger charge is 2.19. The van der Waals surface area contributed by atoms with Gasteiger partial charge < -0.3 is 5.32 Å². The highest BCUT2D eigenvalue weighted by atomic mass is 32.2. The van der Waals surface area contributed by atoms with Crippen molar-refractivity contribution in [3.8, 4) is 0 Å². The quantitative estimate of drug-likeness (QED) is 0.692. The van der Waals surface area contributed by atoms with Gasteiger partial charge in [-0.25, -0.2) is 13.1 Å². The van der Waals surface area contributed by atoms with E-state index < -0.39 is 10.0 Å². The number of thiophene rings is 1. The second-order valence-corrected chi connectivity index (χ2v) is 8.85. The monoisotopic (exact) mass is 332 g/mol. The van der Waals surface area contributed by atoms with Gasteiger partial charge >= 0.3 is 0 Å². The Morgan fingerprint density at radius 1 is 1.24 bits per heavy atom. The number of hydrogen-bond acceptors (Lipinski definition) is 4. The summed E-state index contributed by atoms with van der Waals surface area (Å²) >= 11 is 1.37. The van der Waals surface area contributed by atoms with Crippen LogP contribution in [0.5, 0.6) is 0 Å². The Labute approximate surface area is 133 Å². The lowest BCUT2D eigenvalue weighted by atomic mass is 10.2. The lowest BCUT2D eigenvalue weighted by Gasteiger charge is -2.12. The van der Waals surface area contributed by atoms with Crippen LogP contribution in [0.2, 0.25) is 0 Å². The molecule has 0 aliphatic carbocycles. The van der Waals surface area contributed by atoms with Gasteiger partial charge in [-0.1, -0.05) is 33.6 Å². The summed E-state index contributed by atoms with van der Waals surface area (Å²) in [6.45, 7) is 9.11. The molecule has 0 spiro atoms. The maximum atomic E-state index is 12.3. The van der Waals surface area contributed by atoms with E-state index in [2.05, 4.69) is 30.8 Å². The zero-order valence-electron chi connectivity index (χ0n) is 13.5. The maximum absolute atomic E-state index is 12.3. The van der Waals surface area contributed by atoms with Crippen molar-refractivity contribution < 1.29 is 8.42 Å². The van der Waals surface area contributed by atoms with E-state index in [1.807, 2.05) is 13.0 Å². The standard InChI is InChI=1S/C15H28N2O2S2/c1-5-6-7-13(4)17-21(18,19)15-9-8-14(20-15)10-11-16-12(2)3/h8-9,12-13,16-17H,5-7,10-11H2,1-4H3. The lowest BCUT2D eigenvalue weighted by molar-refractivity contribution is 0.535. The van der Waals surface area contributed by atoms with Crippen molar-refractivity contribution in [3.05, 3.63) is 17.0 Å². The molecular weight excluding hydrogens is 304 g/mol. The Morgan fingerprint density at radius 2 is 1.95 bits per heavy atom.